The average Bonchev–Trinajstić information content (AvgIpc) is 2.46. The van der Waals surface area contributed by atoms with Gasteiger partial charge in [-0.15, -0.1) is 11.3 Å². The maximum absolute atomic E-state index is 10.6. The Labute approximate surface area is 97.9 Å². The zero-order chi connectivity index (χ0) is 9.42. The van der Waals surface area contributed by atoms with Crippen molar-refractivity contribution in [3.8, 4) is 0 Å². The van der Waals surface area contributed by atoms with Gasteiger partial charge in [0.25, 0.3) is 0 Å². The summed E-state index contributed by atoms with van der Waals surface area (Å²) in [5, 5.41) is 12.2. The predicted molar refractivity (Wildman–Crippen MR) is 56.2 cm³/mol. The number of carboxylic acid groups (broad SMARTS) is 1. The molecule has 14 heavy (non-hydrogen) atoms. The molecular weight excluding hydrogens is 195 g/mol. The average molecular weight is 206 g/mol. The standard InChI is InChI=1S/C8H10N2O2S.Li.H/c1-4-2-5-6(3-9-4)13-7(10-5)8(11)12;;/h4,9H,2-3H2,1H3,(H,11,12);;. The summed E-state index contributed by atoms with van der Waals surface area (Å²) in [6.07, 6.45) is 0.832. The molecule has 0 radical (unpaired) electrons. The number of aromatic nitrogens is 1. The Balaban J connectivity index is 0.000000980. The van der Waals surface area contributed by atoms with E-state index in [4.69, 9.17) is 5.11 Å². The molecule has 1 aliphatic rings. The van der Waals surface area contributed by atoms with Gasteiger partial charge in [-0.05, 0) is 6.92 Å². The van der Waals surface area contributed by atoms with Gasteiger partial charge in [0.2, 0.25) is 5.01 Å². The Morgan fingerprint density at radius 2 is 2.43 bits per heavy atom. The second-order valence-electron chi connectivity index (χ2n) is 3.18. The molecule has 1 aliphatic heterocycles. The summed E-state index contributed by atoms with van der Waals surface area (Å²) < 4.78 is 0. The second-order valence-corrected chi connectivity index (χ2v) is 4.26. The van der Waals surface area contributed by atoms with E-state index in [9.17, 15) is 4.79 Å². The van der Waals surface area contributed by atoms with Gasteiger partial charge in [-0.1, -0.05) is 0 Å². The van der Waals surface area contributed by atoms with Crippen LogP contribution in [0.4, 0.5) is 0 Å². The van der Waals surface area contributed by atoms with Crippen molar-refractivity contribution in [1.29, 1.82) is 0 Å². The first kappa shape index (κ1) is 11.7. The summed E-state index contributed by atoms with van der Waals surface area (Å²) in [5.41, 5.74) is 0.952. The SMILES string of the molecule is CC1Cc2nc(C(=O)O)sc2CN1.[LiH]. The van der Waals surface area contributed by atoms with Crippen LogP contribution in [0, 0.1) is 0 Å². The summed E-state index contributed by atoms with van der Waals surface area (Å²) in [6, 6.07) is 0.399. The van der Waals surface area contributed by atoms with Gasteiger partial charge in [-0.2, -0.15) is 0 Å². The van der Waals surface area contributed by atoms with Crippen LogP contribution >= 0.6 is 11.3 Å². The van der Waals surface area contributed by atoms with Crippen LogP contribution < -0.4 is 5.32 Å². The van der Waals surface area contributed by atoms with Crippen LogP contribution in [0.5, 0.6) is 0 Å². The fourth-order valence-electron chi connectivity index (χ4n) is 1.40. The summed E-state index contributed by atoms with van der Waals surface area (Å²) in [6.45, 7) is 2.82. The Morgan fingerprint density at radius 3 is 3.07 bits per heavy atom. The first-order chi connectivity index (χ1) is 6.16. The van der Waals surface area contributed by atoms with Crippen molar-refractivity contribution >= 4 is 36.2 Å². The van der Waals surface area contributed by atoms with Crippen molar-refractivity contribution in [2.75, 3.05) is 0 Å². The van der Waals surface area contributed by atoms with E-state index in [1.165, 1.54) is 11.3 Å². The Morgan fingerprint density at radius 1 is 1.71 bits per heavy atom. The van der Waals surface area contributed by atoms with E-state index in [-0.39, 0.29) is 23.9 Å². The summed E-state index contributed by atoms with van der Waals surface area (Å²) in [5.74, 6) is -0.924. The third-order valence-electron chi connectivity index (χ3n) is 2.07. The minimum atomic E-state index is -0.924. The van der Waals surface area contributed by atoms with Crippen LogP contribution in [0.25, 0.3) is 0 Å². The molecule has 1 unspecified atom stereocenters. The van der Waals surface area contributed by atoms with Crippen LogP contribution in [0.2, 0.25) is 0 Å². The number of carboxylic acids is 1. The van der Waals surface area contributed by atoms with Gasteiger partial charge >= 0.3 is 24.8 Å². The molecule has 1 atom stereocenters. The number of carbonyl (C=O) groups is 1. The van der Waals surface area contributed by atoms with E-state index in [2.05, 4.69) is 17.2 Å². The minimum absolute atomic E-state index is 0. The fourth-order valence-corrected chi connectivity index (χ4v) is 2.28. The van der Waals surface area contributed by atoms with Gasteiger partial charge in [0.1, 0.15) is 0 Å². The zero-order valence-corrected chi connectivity index (χ0v) is 8.02. The number of rotatable bonds is 1. The molecule has 0 aromatic carbocycles. The van der Waals surface area contributed by atoms with Crippen LogP contribution in [0.1, 0.15) is 27.3 Å². The molecule has 1 aromatic rings. The van der Waals surface area contributed by atoms with E-state index >= 15 is 0 Å². The molecular formula is C8H11LiN2O2S. The number of thiazole rings is 1. The van der Waals surface area contributed by atoms with Gasteiger partial charge in [0.15, 0.2) is 0 Å². The zero-order valence-electron chi connectivity index (χ0n) is 7.20. The quantitative estimate of drug-likeness (QED) is 0.645. The number of hydrogen-bond donors (Lipinski definition) is 2. The molecule has 4 nitrogen and oxygen atoms in total. The van der Waals surface area contributed by atoms with Gasteiger partial charge in [-0.25, -0.2) is 9.78 Å². The summed E-state index contributed by atoms with van der Waals surface area (Å²) in [4.78, 5) is 15.8. The molecule has 0 amide bonds. The number of nitrogens with zero attached hydrogens (tertiary/aromatic N) is 1. The van der Waals surface area contributed by atoms with Crippen molar-refractivity contribution in [3.05, 3.63) is 15.6 Å². The maximum atomic E-state index is 10.6. The van der Waals surface area contributed by atoms with E-state index in [1.54, 1.807) is 0 Å². The van der Waals surface area contributed by atoms with Crippen molar-refractivity contribution in [2.45, 2.75) is 25.9 Å². The van der Waals surface area contributed by atoms with Gasteiger partial charge in [-0.3, -0.25) is 0 Å². The van der Waals surface area contributed by atoms with Crippen molar-refractivity contribution in [2.24, 2.45) is 0 Å². The fraction of sp³-hybridized carbons (Fsp3) is 0.500. The molecule has 0 saturated carbocycles. The molecule has 1 aromatic heterocycles. The summed E-state index contributed by atoms with van der Waals surface area (Å²) >= 11 is 1.27. The Bertz CT molecular complexity index is 353. The van der Waals surface area contributed by atoms with E-state index in [1.807, 2.05) is 0 Å². The van der Waals surface area contributed by atoms with Gasteiger partial charge in [0, 0.05) is 23.9 Å². The molecule has 0 aliphatic carbocycles. The molecule has 0 saturated heterocycles. The number of hydrogen-bond acceptors (Lipinski definition) is 4. The van der Waals surface area contributed by atoms with Crippen molar-refractivity contribution in [3.63, 3.8) is 0 Å². The normalized spacial score (nSPS) is 19.6. The molecule has 2 rings (SSSR count). The molecule has 2 heterocycles. The third kappa shape index (κ3) is 2.18. The van der Waals surface area contributed by atoms with E-state index < -0.39 is 5.97 Å². The van der Waals surface area contributed by atoms with E-state index in [0.717, 1.165) is 23.5 Å². The molecule has 0 bridgehead atoms. The predicted octanol–water partition coefficient (Wildman–Crippen LogP) is 0.227. The Kier molecular flexibility index (Phi) is 3.73. The van der Waals surface area contributed by atoms with Crippen LogP contribution in [0.3, 0.4) is 0 Å². The molecule has 0 spiro atoms. The van der Waals surface area contributed by atoms with Crippen LogP contribution in [0.15, 0.2) is 0 Å². The molecule has 72 valence electrons. The van der Waals surface area contributed by atoms with Crippen LogP contribution in [-0.4, -0.2) is 41.0 Å². The number of nitrogens with one attached hydrogen (secondary N) is 1. The first-order valence-electron chi connectivity index (χ1n) is 4.12. The molecule has 6 heteroatoms. The van der Waals surface area contributed by atoms with Crippen LogP contribution in [-0.2, 0) is 13.0 Å². The van der Waals surface area contributed by atoms with Crippen molar-refractivity contribution < 1.29 is 9.90 Å². The molecule has 2 N–H and O–H groups in total. The van der Waals surface area contributed by atoms with Crippen molar-refractivity contribution in [1.82, 2.24) is 10.3 Å². The van der Waals surface area contributed by atoms with Gasteiger partial charge in [0.05, 0.1) is 5.69 Å². The summed E-state index contributed by atoms with van der Waals surface area (Å²) in [7, 11) is 0. The number of aromatic carboxylic acids is 1. The Hall–Kier alpha value is -0.343. The second kappa shape index (κ2) is 4.45. The number of fused-ring (bicyclic) bond motifs is 1. The van der Waals surface area contributed by atoms with Gasteiger partial charge < -0.3 is 10.4 Å². The topological polar surface area (TPSA) is 62.2 Å². The molecule has 0 fully saturated rings. The first-order valence-corrected chi connectivity index (χ1v) is 4.93. The monoisotopic (exact) mass is 206 g/mol. The van der Waals surface area contributed by atoms with E-state index in [0.29, 0.717) is 6.04 Å². The third-order valence-corrected chi connectivity index (χ3v) is 3.16.